The highest BCUT2D eigenvalue weighted by Gasteiger charge is 2.19. The summed E-state index contributed by atoms with van der Waals surface area (Å²) in [6.07, 6.45) is 0.449. The Hall–Kier alpha value is -1.51. The lowest BCUT2D eigenvalue weighted by Crippen LogP contribution is -2.25. The molecule has 0 aliphatic carbocycles. The zero-order valence-electron chi connectivity index (χ0n) is 8.41. The normalized spacial score (nSPS) is 15.9. The molecule has 74 valence electrons. The van der Waals surface area contributed by atoms with Crippen molar-refractivity contribution in [2.45, 2.75) is 13.3 Å². The smallest absolute Gasteiger partial charge is 0.230 e. The first-order valence-corrected chi connectivity index (χ1v) is 4.68. The van der Waals surface area contributed by atoms with Gasteiger partial charge in [0.05, 0.1) is 18.7 Å². The van der Waals surface area contributed by atoms with Crippen LogP contribution in [0.5, 0.6) is 5.75 Å². The molecule has 1 aliphatic rings. The van der Waals surface area contributed by atoms with Crippen molar-refractivity contribution in [2.75, 3.05) is 18.6 Å². The Kier molecular flexibility index (Phi) is 2.15. The maximum atomic E-state index is 11.5. The van der Waals surface area contributed by atoms with Gasteiger partial charge in [-0.05, 0) is 24.6 Å². The molecule has 0 atom stereocenters. The molecule has 1 amide bonds. The summed E-state index contributed by atoms with van der Waals surface area (Å²) >= 11 is 0. The molecule has 1 aliphatic heterocycles. The van der Waals surface area contributed by atoms with E-state index in [2.05, 4.69) is 0 Å². The quantitative estimate of drug-likeness (QED) is 0.625. The Bertz CT molecular complexity index is 374. The Morgan fingerprint density at radius 2 is 2.21 bits per heavy atom. The second-order valence-electron chi connectivity index (χ2n) is 3.52. The van der Waals surface area contributed by atoms with Gasteiger partial charge in [0.2, 0.25) is 5.91 Å². The van der Waals surface area contributed by atoms with E-state index in [9.17, 15) is 4.79 Å². The van der Waals surface area contributed by atoms with Crippen molar-refractivity contribution in [2.24, 2.45) is 0 Å². The van der Waals surface area contributed by atoms with Crippen molar-refractivity contribution in [1.82, 2.24) is 0 Å². The molecule has 3 heteroatoms. The number of amides is 1. The number of hydrogen-bond acceptors (Lipinski definition) is 2. The summed E-state index contributed by atoms with van der Waals surface area (Å²) in [5, 5.41) is 0. The first kappa shape index (κ1) is 9.06. The molecule has 0 saturated carbocycles. The summed E-state index contributed by atoms with van der Waals surface area (Å²) in [5.74, 6) is 0.908. The molecule has 2 rings (SSSR count). The van der Waals surface area contributed by atoms with E-state index in [4.69, 9.17) is 4.74 Å². The highest BCUT2D eigenvalue weighted by molar-refractivity contribution is 5.95. The van der Waals surface area contributed by atoms with Gasteiger partial charge in [-0.3, -0.25) is 4.79 Å². The maximum Gasteiger partial charge on any atom is 0.230 e. The molecule has 0 aromatic heterocycles. The number of aryl methyl sites for hydroxylation is 1. The number of ether oxygens (including phenoxy) is 1. The largest absolute Gasteiger partial charge is 0.491 e. The number of carbonyl (C=O) groups is 1. The van der Waals surface area contributed by atoms with Crippen LogP contribution in [0, 0.1) is 6.92 Å². The number of anilines is 1. The molecule has 0 spiro atoms. The minimum absolute atomic E-state index is 0.104. The first-order valence-electron chi connectivity index (χ1n) is 4.68. The van der Waals surface area contributed by atoms with Crippen LogP contribution in [0.1, 0.15) is 12.0 Å². The highest BCUT2D eigenvalue weighted by Crippen LogP contribution is 2.30. The summed E-state index contributed by atoms with van der Waals surface area (Å²) < 4.78 is 5.51. The molecular weight excluding hydrogens is 178 g/mol. The van der Waals surface area contributed by atoms with Crippen LogP contribution in [0.2, 0.25) is 0 Å². The van der Waals surface area contributed by atoms with Crippen LogP contribution >= 0.6 is 0 Å². The average molecular weight is 191 g/mol. The van der Waals surface area contributed by atoms with Crippen molar-refractivity contribution in [1.29, 1.82) is 0 Å². The molecule has 0 saturated heterocycles. The molecule has 1 aromatic carbocycles. The minimum Gasteiger partial charge on any atom is -0.491 e. The monoisotopic (exact) mass is 191 g/mol. The summed E-state index contributed by atoms with van der Waals surface area (Å²) in [5.41, 5.74) is 2.00. The van der Waals surface area contributed by atoms with E-state index in [0.717, 1.165) is 17.0 Å². The fourth-order valence-electron chi connectivity index (χ4n) is 1.56. The van der Waals surface area contributed by atoms with Crippen molar-refractivity contribution < 1.29 is 9.53 Å². The number of rotatable bonds is 0. The van der Waals surface area contributed by atoms with Crippen molar-refractivity contribution in [3.63, 3.8) is 0 Å². The van der Waals surface area contributed by atoms with Gasteiger partial charge in [0.15, 0.2) is 0 Å². The van der Waals surface area contributed by atoms with Crippen molar-refractivity contribution in [3.05, 3.63) is 23.8 Å². The van der Waals surface area contributed by atoms with Crippen LogP contribution in [-0.2, 0) is 4.79 Å². The van der Waals surface area contributed by atoms with E-state index in [1.54, 1.807) is 11.9 Å². The predicted molar refractivity (Wildman–Crippen MR) is 54.7 cm³/mol. The molecular formula is C11H13NO2. The van der Waals surface area contributed by atoms with Gasteiger partial charge < -0.3 is 9.64 Å². The van der Waals surface area contributed by atoms with Gasteiger partial charge in [0.1, 0.15) is 5.75 Å². The third kappa shape index (κ3) is 1.45. The zero-order valence-corrected chi connectivity index (χ0v) is 8.41. The molecule has 0 fully saturated rings. The second-order valence-corrected chi connectivity index (χ2v) is 3.52. The number of carbonyl (C=O) groups excluding carboxylic acids is 1. The first-order chi connectivity index (χ1) is 6.68. The fourth-order valence-corrected chi connectivity index (χ4v) is 1.56. The van der Waals surface area contributed by atoms with Crippen molar-refractivity contribution in [3.8, 4) is 5.75 Å². The van der Waals surface area contributed by atoms with Gasteiger partial charge in [-0.15, -0.1) is 0 Å². The van der Waals surface area contributed by atoms with Crippen LogP contribution in [0.15, 0.2) is 18.2 Å². The van der Waals surface area contributed by atoms with Crippen LogP contribution < -0.4 is 9.64 Å². The van der Waals surface area contributed by atoms with E-state index in [1.165, 1.54) is 0 Å². The van der Waals surface area contributed by atoms with Gasteiger partial charge in [0.25, 0.3) is 0 Å². The molecule has 1 aromatic rings. The van der Waals surface area contributed by atoms with E-state index in [0.29, 0.717) is 13.0 Å². The SMILES string of the molecule is Cc1ccc2c(c1)OCCC(=O)N2C. The lowest BCUT2D eigenvalue weighted by Gasteiger charge is -2.16. The summed E-state index contributed by atoms with van der Waals surface area (Å²) in [6, 6.07) is 5.87. The van der Waals surface area contributed by atoms with Crippen LogP contribution in [-0.4, -0.2) is 19.6 Å². The Morgan fingerprint density at radius 3 is 3.00 bits per heavy atom. The molecule has 0 unspecified atom stereocenters. The molecule has 0 bridgehead atoms. The van der Waals surface area contributed by atoms with Gasteiger partial charge in [-0.1, -0.05) is 6.07 Å². The minimum atomic E-state index is 0.104. The van der Waals surface area contributed by atoms with Crippen LogP contribution in [0.25, 0.3) is 0 Å². The van der Waals surface area contributed by atoms with Crippen molar-refractivity contribution >= 4 is 11.6 Å². The zero-order chi connectivity index (χ0) is 10.1. The third-order valence-corrected chi connectivity index (χ3v) is 2.42. The summed E-state index contributed by atoms with van der Waals surface area (Å²) in [6.45, 7) is 2.48. The molecule has 0 N–H and O–H groups in total. The maximum absolute atomic E-state index is 11.5. The predicted octanol–water partition coefficient (Wildman–Crippen LogP) is 1.74. The van der Waals surface area contributed by atoms with Gasteiger partial charge in [0, 0.05) is 7.05 Å². The Labute approximate surface area is 83.3 Å². The summed E-state index contributed by atoms with van der Waals surface area (Å²) in [7, 11) is 1.78. The van der Waals surface area contributed by atoms with Crippen LogP contribution in [0.4, 0.5) is 5.69 Å². The molecule has 14 heavy (non-hydrogen) atoms. The summed E-state index contributed by atoms with van der Waals surface area (Å²) in [4.78, 5) is 13.2. The third-order valence-electron chi connectivity index (χ3n) is 2.42. The fraction of sp³-hybridized carbons (Fsp3) is 0.364. The molecule has 0 radical (unpaired) electrons. The van der Waals surface area contributed by atoms with Gasteiger partial charge >= 0.3 is 0 Å². The second kappa shape index (κ2) is 3.33. The lowest BCUT2D eigenvalue weighted by atomic mass is 10.2. The average Bonchev–Trinajstić information content (AvgIpc) is 2.28. The highest BCUT2D eigenvalue weighted by atomic mass is 16.5. The Morgan fingerprint density at radius 1 is 1.43 bits per heavy atom. The number of nitrogens with zero attached hydrogens (tertiary/aromatic N) is 1. The van der Waals surface area contributed by atoms with Gasteiger partial charge in [-0.2, -0.15) is 0 Å². The lowest BCUT2D eigenvalue weighted by molar-refractivity contribution is -0.118. The van der Waals surface area contributed by atoms with Crippen LogP contribution in [0.3, 0.4) is 0 Å². The number of benzene rings is 1. The molecule has 3 nitrogen and oxygen atoms in total. The van der Waals surface area contributed by atoms with E-state index in [-0.39, 0.29) is 5.91 Å². The Balaban J connectivity index is 2.48. The number of hydrogen-bond donors (Lipinski definition) is 0. The van der Waals surface area contributed by atoms with E-state index >= 15 is 0 Å². The number of fused-ring (bicyclic) bond motifs is 1. The van der Waals surface area contributed by atoms with E-state index in [1.807, 2.05) is 25.1 Å². The van der Waals surface area contributed by atoms with Gasteiger partial charge in [-0.25, -0.2) is 0 Å². The van der Waals surface area contributed by atoms with E-state index < -0.39 is 0 Å². The standard InChI is InChI=1S/C11H13NO2/c1-8-3-4-9-10(7-8)14-6-5-11(13)12(9)2/h3-4,7H,5-6H2,1-2H3. The molecule has 1 heterocycles. The topological polar surface area (TPSA) is 29.5 Å².